The topological polar surface area (TPSA) is 106 Å². The summed E-state index contributed by atoms with van der Waals surface area (Å²) in [6.45, 7) is 3.45. The molecule has 0 aliphatic carbocycles. The van der Waals surface area contributed by atoms with E-state index in [2.05, 4.69) is 0 Å². The summed E-state index contributed by atoms with van der Waals surface area (Å²) in [5.74, 6) is 0. The second-order valence-corrected chi connectivity index (χ2v) is 5.11. The normalized spacial score (nSPS) is 9.92. The van der Waals surface area contributed by atoms with E-state index in [0.717, 1.165) is 0 Å². The van der Waals surface area contributed by atoms with Crippen LogP contribution in [0, 0.1) is 0 Å². The Morgan fingerprint density at radius 1 is 1.25 bits per heavy atom. The number of hydrogen-bond donors (Lipinski definition) is 1. The summed E-state index contributed by atoms with van der Waals surface area (Å²) in [6, 6.07) is 0. The average molecular weight is 228 g/mol. The van der Waals surface area contributed by atoms with Crippen LogP contribution in [-0.4, -0.2) is 34.6 Å². The van der Waals surface area contributed by atoms with E-state index in [-0.39, 0.29) is 17.4 Å². The quantitative estimate of drug-likeness (QED) is 0.443. The SMILES string of the molecule is CCP(=O)(O)CC.[Al+3].[O-]P([O-])[O-]. The van der Waals surface area contributed by atoms with Gasteiger partial charge in [0, 0.05) is 12.3 Å². The van der Waals surface area contributed by atoms with Crippen molar-refractivity contribution in [3.63, 3.8) is 0 Å². The predicted octanol–water partition coefficient (Wildman–Crippen LogP) is -1.79. The van der Waals surface area contributed by atoms with Crippen molar-refractivity contribution in [3.05, 3.63) is 0 Å². The molecule has 0 amide bonds. The fourth-order valence-corrected chi connectivity index (χ4v) is 0.671. The van der Waals surface area contributed by atoms with E-state index >= 15 is 0 Å². The minimum absolute atomic E-state index is 0. The molecule has 70 valence electrons. The molecule has 0 aliphatic heterocycles. The van der Waals surface area contributed by atoms with Crippen LogP contribution in [0.25, 0.3) is 0 Å². The van der Waals surface area contributed by atoms with Crippen LogP contribution in [0.5, 0.6) is 0 Å². The molecule has 0 heterocycles. The summed E-state index contributed by atoms with van der Waals surface area (Å²) in [6.07, 6.45) is 0.812. The maximum atomic E-state index is 10.5. The van der Waals surface area contributed by atoms with Crippen molar-refractivity contribution in [2.75, 3.05) is 12.3 Å². The largest absolute Gasteiger partial charge is 3.00 e. The van der Waals surface area contributed by atoms with E-state index in [4.69, 9.17) is 19.6 Å². The van der Waals surface area contributed by atoms with Gasteiger partial charge in [-0.3, -0.25) is 4.57 Å². The van der Waals surface area contributed by atoms with E-state index in [1.54, 1.807) is 13.8 Å². The molecule has 0 aromatic rings. The van der Waals surface area contributed by atoms with Crippen LogP contribution in [0.3, 0.4) is 0 Å². The molecule has 0 radical (unpaired) electrons. The number of hydrogen-bond acceptors (Lipinski definition) is 4. The molecule has 0 aliphatic rings. The van der Waals surface area contributed by atoms with Crippen LogP contribution in [-0.2, 0) is 4.57 Å². The first-order valence-corrected chi connectivity index (χ1v) is 6.10. The predicted molar refractivity (Wildman–Crippen MR) is 43.6 cm³/mol. The molecule has 12 heavy (non-hydrogen) atoms. The van der Waals surface area contributed by atoms with Gasteiger partial charge in [-0.25, -0.2) is 0 Å². The zero-order valence-electron chi connectivity index (χ0n) is 6.97. The zero-order chi connectivity index (χ0) is 9.49. The first-order valence-electron chi connectivity index (χ1n) is 2.98. The Morgan fingerprint density at radius 2 is 1.42 bits per heavy atom. The summed E-state index contributed by atoms with van der Waals surface area (Å²) in [7, 11) is -6.02. The molecule has 1 N–H and O–H groups in total. The average Bonchev–Trinajstić information content (AvgIpc) is 1.87. The Kier molecular flexibility index (Phi) is 15.8. The fraction of sp³-hybridized carbons (Fsp3) is 1.00. The number of rotatable bonds is 2. The monoisotopic (exact) mass is 228 g/mol. The Hall–Kier alpha value is 1.03. The van der Waals surface area contributed by atoms with Crippen molar-refractivity contribution in [3.8, 4) is 0 Å². The van der Waals surface area contributed by atoms with Gasteiger partial charge >= 0.3 is 17.4 Å². The van der Waals surface area contributed by atoms with Gasteiger partial charge in [0.25, 0.3) is 0 Å². The van der Waals surface area contributed by atoms with Gasteiger partial charge in [0.05, 0.1) is 0 Å². The molecule has 5 nitrogen and oxygen atoms in total. The third-order valence-corrected chi connectivity index (χ3v) is 2.96. The van der Waals surface area contributed by atoms with Gasteiger partial charge in [-0.2, -0.15) is 0 Å². The summed E-state index contributed by atoms with van der Waals surface area (Å²) in [4.78, 5) is 34.1. The molecule has 0 rings (SSSR count). The van der Waals surface area contributed by atoms with Crippen LogP contribution in [0.2, 0.25) is 0 Å². The molecule has 0 spiro atoms. The van der Waals surface area contributed by atoms with Crippen molar-refractivity contribution in [1.82, 2.24) is 0 Å². The van der Waals surface area contributed by atoms with Crippen molar-refractivity contribution in [2.45, 2.75) is 13.8 Å². The first kappa shape index (κ1) is 18.7. The van der Waals surface area contributed by atoms with E-state index in [1.807, 2.05) is 0 Å². The smallest absolute Gasteiger partial charge is 0.854 e. The first-order chi connectivity index (χ1) is 4.85. The van der Waals surface area contributed by atoms with Crippen LogP contribution < -0.4 is 14.7 Å². The van der Waals surface area contributed by atoms with Gasteiger partial charge in [-0.1, -0.05) is 13.8 Å². The van der Waals surface area contributed by atoms with Crippen LogP contribution in [0.1, 0.15) is 13.8 Å². The summed E-state index contributed by atoms with van der Waals surface area (Å²) in [5, 5.41) is 0. The van der Waals surface area contributed by atoms with Gasteiger partial charge < -0.3 is 28.2 Å². The third-order valence-electron chi connectivity index (χ3n) is 0.988. The molecule has 0 saturated carbocycles. The second kappa shape index (κ2) is 10.1. The zero-order valence-corrected chi connectivity index (χ0v) is 9.91. The molecule has 0 saturated heterocycles. The van der Waals surface area contributed by atoms with E-state index in [1.165, 1.54) is 0 Å². The maximum Gasteiger partial charge on any atom is 3.00 e. The summed E-state index contributed by atoms with van der Waals surface area (Å²) < 4.78 is 10.5. The Labute approximate surface area is 84.0 Å². The minimum atomic E-state index is -3.37. The molecule has 0 bridgehead atoms. The second-order valence-electron chi connectivity index (χ2n) is 1.70. The van der Waals surface area contributed by atoms with Gasteiger partial charge in [0.1, 0.15) is 0 Å². The van der Waals surface area contributed by atoms with Crippen LogP contribution in [0.4, 0.5) is 0 Å². The molecular formula is C4H11AlO5P2. The maximum absolute atomic E-state index is 10.5. The van der Waals surface area contributed by atoms with Crippen molar-refractivity contribution >= 4 is 33.3 Å². The molecule has 0 aromatic heterocycles. The van der Waals surface area contributed by atoms with Crippen LogP contribution in [0.15, 0.2) is 0 Å². The van der Waals surface area contributed by atoms with Gasteiger partial charge in [-0.05, 0) is 0 Å². The van der Waals surface area contributed by atoms with Gasteiger partial charge in [-0.15, -0.1) is 0 Å². The molecule has 0 fully saturated rings. The molecular weight excluding hydrogens is 217 g/mol. The molecule has 0 atom stereocenters. The fourth-order valence-electron chi connectivity index (χ4n) is 0.224. The summed E-state index contributed by atoms with van der Waals surface area (Å²) in [5.41, 5.74) is 0. The van der Waals surface area contributed by atoms with E-state index < -0.39 is 16.0 Å². The Morgan fingerprint density at radius 3 is 1.42 bits per heavy atom. The Balaban J connectivity index is -0.000000142. The standard InChI is InChI=1S/C4H11O2P.Al.O3P/c1-3-7(5,6)4-2;;1-4(2)3/h3-4H2,1-2H3,(H,5,6);;/q;+3;-3. The molecule has 0 unspecified atom stereocenters. The Bertz CT molecular complexity index is 120. The minimum Gasteiger partial charge on any atom is -0.854 e. The van der Waals surface area contributed by atoms with Crippen LogP contribution >= 0.6 is 16.0 Å². The van der Waals surface area contributed by atoms with Crippen molar-refractivity contribution < 1.29 is 24.1 Å². The summed E-state index contributed by atoms with van der Waals surface area (Å²) >= 11 is 0. The van der Waals surface area contributed by atoms with Gasteiger partial charge in [0.15, 0.2) is 7.37 Å². The van der Waals surface area contributed by atoms with Crippen molar-refractivity contribution in [1.29, 1.82) is 0 Å². The molecule has 0 aromatic carbocycles. The molecule has 8 heteroatoms. The van der Waals surface area contributed by atoms with E-state index in [0.29, 0.717) is 12.3 Å². The van der Waals surface area contributed by atoms with Gasteiger partial charge in [0.2, 0.25) is 0 Å². The third kappa shape index (κ3) is 22.5. The van der Waals surface area contributed by atoms with E-state index in [9.17, 15) is 4.57 Å². The van der Waals surface area contributed by atoms with Crippen molar-refractivity contribution in [2.24, 2.45) is 0 Å².